The van der Waals surface area contributed by atoms with Crippen LogP contribution in [0.3, 0.4) is 0 Å². The Morgan fingerprint density at radius 1 is 1.17 bits per heavy atom. The van der Waals surface area contributed by atoms with Gasteiger partial charge in [-0.2, -0.15) is 0 Å². The number of primary amides is 1. The van der Waals surface area contributed by atoms with Gasteiger partial charge in [0.15, 0.2) is 0 Å². The summed E-state index contributed by atoms with van der Waals surface area (Å²) in [5.41, 5.74) is 4.84. The third-order valence-corrected chi connectivity index (χ3v) is 2.86. The molecule has 0 radical (unpaired) electrons. The molecule has 0 aliphatic heterocycles. The van der Waals surface area contributed by atoms with Crippen molar-refractivity contribution >= 4 is 11.9 Å². The summed E-state index contributed by atoms with van der Waals surface area (Å²) < 4.78 is 0. The van der Waals surface area contributed by atoms with Gasteiger partial charge in [0.2, 0.25) is 5.91 Å². The molecule has 0 aromatic rings. The number of urea groups is 1. The lowest BCUT2D eigenvalue weighted by atomic mass is 10.0. The zero-order valence-corrected chi connectivity index (χ0v) is 6.75. The van der Waals surface area contributed by atoms with E-state index >= 15 is 0 Å². The van der Waals surface area contributed by atoms with Crippen molar-refractivity contribution in [3.8, 4) is 0 Å². The molecule has 3 amide bonds. The molecular formula is C8H12N2O2. The van der Waals surface area contributed by atoms with Crippen LogP contribution in [-0.2, 0) is 4.79 Å². The largest absolute Gasteiger partial charge is 0.351 e. The molecule has 2 unspecified atom stereocenters. The number of nitrogens with one attached hydrogen (secondary N) is 1. The first-order valence-corrected chi connectivity index (χ1v) is 4.27. The SMILES string of the molecule is NC(=O)NC(=O)C1CC2CC2C1. The van der Waals surface area contributed by atoms with Gasteiger partial charge < -0.3 is 5.73 Å². The van der Waals surface area contributed by atoms with Crippen molar-refractivity contribution in [3.63, 3.8) is 0 Å². The summed E-state index contributed by atoms with van der Waals surface area (Å²) in [7, 11) is 0. The summed E-state index contributed by atoms with van der Waals surface area (Å²) in [6.45, 7) is 0. The Balaban J connectivity index is 1.84. The quantitative estimate of drug-likeness (QED) is 0.588. The maximum Gasteiger partial charge on any atom is 0.318 e. The van der Waals surface area contributed by atoms with Crippen LogP contribution in [0.5, 0.6) is 0 Å². The van der Waals surface area contributed by atoms with Crippen LogP contribution in [0.25, 0.3) is 0 Å². The third kappa shape index (κ3) is 1.29. The van der Waals surface area contributed by atoms with Gasteiger partial charge in [0, 0.05) is 5.92 Å². The van der Waals surface area contributed by atoms with Crippen LogP contribution in [-0.4, -0.2) is 11.9 Å². The average Bonchev–Trinajstić information content (AvgIpc) is 2.57. The van der Waals surface area contributed by atoms with Gasteiger partial charge in [-0.3, -0.25) is 10.1 Å². The van der Waals surface area contributed by atoms with Gasteiger partial charge in [-0.1, -0.05) is 0 Å². The van der Waals surface area contributed by atoms with E-state index in [1.54, 1.807) is 0 Å². The highest BCUT2D eigenvalue weighted by molar-refractivity contribution is 5.94. The van der Waals surface area contributed by atoms with Gasteiger partial charge >= 0.3 is 6.03 Å². The van der Waals surface area contributed by atoms with Crippen molar-refractivity contribution in [2.24, 2.45) is 23.5 Å². The lowest BCUT2D eigenvalue weighted by Gasteiger charge is -2.08. The van der Waals surface area contributed by atoms with Crippen molar-refractivity contribution in [1.82, 2.24) is 5.32 Å². The zero-order valence-electron chi connectivity index (χ0n) is 6.75. The molecule has 4 heteroatoms. The second-order valence-corrected chi connectivity index (χ2v) is 3.78. The highest BCUT2D eigenvalue weighted by atomic mass is 16.2. The van der Waals surface area contributed by atoms with E-state index in [4.69, 9.17) is 5.73 Å². The van der Waals surface area contributed by atoms with Gasteiger partial charge in [0.05, 0.1) is 0 Å². The van der Waals surface area contributed by atoms with Crippen molar-refractivity contribution < 1.29 is 9.59 Å². The highest BCUT2D eigenvalue weighted by Crippen LogP contribution is 2.54. The number of carbonyl (C=O) groups is 2. The minimum atomic E-state index is -0.736. The molecule has 2 rings (SSSR count). The highest BCUT2D eigenvalue weighted by Gasteiger charge is 2.48. The summed E-state index contributed by atoms with van der Waals surface area (Å²) in [5, 5.41) is 2.13. The summed E-state index contributed by atoms with van der Waals surface area (Å²) in [4.78, 5) is 21.6. The predicted molar refractivity (Wildman–Crippen MR) is 42.0 cm³/mol. The molecule has 12 heavy (non-hydrogen) atoms. The number of hydrogen-bond donors (Lipinski definition) is 2. The van der Waals surface area contributed by atoms with Crippen molar-refractivity contribution in [2.45, 2.75) is 19.3 Å². The van der Waals surface area contributed by atoms with E-state index in [0.717, 1.165) is 24.7 Å². The number of imide groups is 1. The fraction of sp³-hybridized carbons (Fsp3) is 0.750. The smallest absolute Gasteiger partial charge is 0.318 e. The summed E-state index contributed by atoms with van der Waals surface area (Å²) in [6, 6.07) is -0.736. The minimum absolute atomic E-state index is 0.0428. The average molecular weight is 168 g/mol. The molecule has 2 aliphatic carbocycles. The summed E-state index contributed by atoms with van der Waals surface area (Å²) in [5.74, 6) is 1.37. The third-order valence-electron chi connectivity index (χ3n) is 2.86. The molecule has 0 bridgehead atoms. The van der Waals surface area contributed by atoms with Crippen LogP contribution >= 0.6 is 0 Å². The topological polar surface area (TPSA) is 72.2 Å². The second-order valence-electron chi connectivity index (χ2n) is 3.78. The van der Waals surface area contributed by atoms with Gasteiger partial charge in [0.1, 0.15) is 0 Å². The van der Waals surface area contributed by atoms with Crippen LogP contribution in [0.15, 0.2) is 0 Å². The van der Waals surface area contributed by atoms with Crippen LogP contribution < -0.4 is 11.1 Å². The second kappa shape index (κ2) is 2.47. The molecule has 66 valence electrons. The molecule has 0 aromatic heterocycles. The number of carbonyl (C=O) groups excluding carboxylic acids is 2. The summed E-state index contributed by atoms with van der Waals surface area (Å²) in [6.07, 6.45) is 3.17. The van der Waals surface area contributed by atoms with Gasteiger partial charge in [-0.15, -0.1) is 0 Å². The molecule has 0 spiro atoms. The molecular weight excluding hydrogens is 156 g/mol. The van der Waals surface area contributed by atoms with E-state index in [0.29, 0.717) is 0 Å². The minimum Gasteiger partial charge on any atom is -0.351 e. The Bertz CT molecular complexity index is 229. The maximum atomic E-state index is 11.2. The van der Waals surface area contributed by atoms with E-state index in [9.17, 15) is 9.59 Å². The van der Waals surface area contributed by atoms with Crippen LogP contribution in [0, 0.1) is 17.8 Å². The Morgan fingerprint density at radius 3 is 2.25 bits per heavy atom. The Labute approximate surface area is 70.5 Å². The number of rotatable bonds is 1. The molecule has 0 aromatic carbocycles. The van der Waals surface area contributed by atoms with Gasteiger partial charge in [0.25, 0.3) is 0 Å². The summed E-state index contributed by atoms with van der Waals surface area (Å²) >= 11 is 0. The van der Waals surface area contributed by atoms with Crippen LogP contribution in [0.1, 0.15) is 19.3 Å². The lowest BCUT2D eigenvalue weighted by Crippen LogP contribution is -2.38. The molecule has 2 fully saturated rings. The predicted octanol–water partition coefficient (Wildman–Crippen LogP) is 0.227. The Hall–Kier alpha value is -1.06. The number of amides is 3. The number of hydrogen-bond acceptors (Lipinski definition) is 2. The molecule has 2 aliphatic rings. The Morgan fingerprint density at radius 2 is 1.75 bits per heavy atom. The standard InChI is InChI=1S/C8H12N2O2/c9-8(12)10-7(11)6-2-4-1-5(4)3-6/h4-6H,1-3H2,(H3,9,10,11,12). The van der Waals surface area contributed by atoms with Crippen LogP contribution in [0.2, 0.25) is 0 Å². The van der Waals surface area contributed by atoms with Gasteiger partial charge in [-0.25, -0.2) is 4.79 Å². The van der Waals surface area contributed by atoms with Crippen molar-refractivity contribution in [2.75, 3.05) is 0 Å². The number of nitrogens with two attached hydrogens (primary N) is 1. The monoisotopic (exact) mass is 168 g/mol. The van der Waals surface area contributed by atoms with E-state index < -0.39 is 6.03 Å². The van der Waals surface area contributed by atoms with E-state index in [1.807, 2.05) is 0 Å². The molecule has 4 nitrogen and oxygen atoms in total. The fourth-order valence-corrected chi connectivity index (χ4v) is 2.15. The zero-order chi connectivity index (χ0) is 8.72. The Kier molecular flexibility index (Phi) is 1.56. The van der Waals surface area contributed by atoms with Crippen LogP contribution in [0.4, 0.5) is 4.79 Å². The molecule has 3 N–H and O–H groups in total. The molecule has 0 saturated heterocycles. The molecule has 0 heterocycles. The first kappa shape index (κ1) is 7.58. The van der Waals surface area contributed by atoms with E-state index in [2.05, 4.69) is 5.32 Å². The normalized spacial score (nSPS) is 37.2. The fourth-order valence-electron chi connectivity index (χ4n) is 2.15. The van der Waals surface area contributed by atoms with E-state index in [1.165, 1.54) is 6.42 Å². The first-order valence-electron chi connectivity index (χ1n) is 4.27. The maximum absolute atomic E-state index is 11.2. The lowest BCUT2D eigenvalue weighted by molar-refractivity contribution is -0.123. The molecule has 2 atom stereocenters. The van der Waals surface area contributed by atoms with Crippen molar-refractivity contribution in [3.05, 3.63) is 0 Å². The molecule has 2 saturated carbocycles. The van der Waals surface area contributed by atoms with Crippen molar-refractivity contribution in [1.29, 1.82) is 0 Å². The first-order chi connectivity index (χ1) is 5.66. The van der Waals surface area contributed by atoms with E-state index in [-0.39, 0.29) is 11.8 Å². The van der Waals surface area contributed by atoms with Gasteiger partial charge in [-0.05, 0) is 31.1 Å². The number of fused-ring (bicyclic) bond motifs is 1.